The Morgan fingerprint density at radius 2 is 1.73 bits per heavy atom. The molecular formula is C19H31Cl2N3O2. The molecule has 2 aliphatic rings. The number of ether oxygens (including phenoxy) is 1. The summed E-state index contributed by atoms with van der Waals surface area (Å²) in [6, 6.07) is 7.82. The minimum absolute atomic E-state index is 0. The van der Waals surface area contributed by atoms with Crippen molar-refractivity contribution in [1.82, 2.24) is 9.80 Å². The number of anilines is 1. The molecule has 2 saturated heterocycles. The van der Waals surface area contributed by atoms with Gasteiger partial charge in [-0.05, 0) is 36.8 Å². The summed E-state index contributed by atoms with van der Waals surface area (Å²) in [5, 5.41) is 0. The van der Waals surface area contributed by atoms with Crippen LogP contribution in [0.25, 0.3) is 0 Å². The number of morpholine rings is 1. The summed E-state index contributed by atoms with van der Waals surface area (Å²) >= 11 is 0. The number of nitrogens with zero attached hydrogens (tertiary/aromatic N) is 2. The van der Waals surface area contributed by atoms with Crippen LogP contribution >= 0.6 is 24.8 Å². The highest BCUT2D eigenvalue weighted by molar-refractivity contribution is 5.85. The molecule has 2 aliphatic heterocycles. The van der Waals surface area contributed by atoms with E-state index in [0.29, 0.717) is 6.42 Å². The van der Waals surface area contributed by atoms with Gasteiger partial charge in [-0.25, -0.2) is 0 Å². The zero-order chi connectivity index (χ0) is 16.8. The average molecular weight is 404 g/mol. The fraction of sp³-hybridized carbons (Fsp3) is 0.632. The van der Waals surface area contributed by atoms with Crippen LogP contribution in [-0.2, 0) is 16.0 Å². The largest absolute Gasteiger partial charge is 0.399 e. The van der Waals surface area contributed by atoms with Gasteiger partial charge in [-0.2, -0.15) is 0 Å². The number of piperidine rings is 1. The highest BCUT2D eigenvalue weighted by Crippen LogP contribution is 2.20. The third kappa shape index (κ3) is 6.62. The molecule has 1 aromatic carbocycles. The number of likely N-dealkylation sites (tertiary alicyclic amines) is 1. The first-order valence-electron chi connectivity index (χ1n) is 9.13. The van der Waals surface area contributed by atoms with Crippen molar-refractivity contribution < 1.29 is 9.53 Å². The minimum Gasteiger partial charge on any atom is -0.399 e. The molecule has 2 fully saturated rings. The molecule has 0 saturated carbocycles. The molecule has 2 heterocycles. The number of rotatable bonds is 5. The number of para-hydroxylation sites is 1. The van der Waals surface area contributed by atoms with Crippen molar-refractivity contribution in [2.75, 3.05) is 51.7 Å². The molecule has 1 amide bonds. The number of carbonyl (C=O) groups excluding carboxylic acids is 1. The van der Waals surface area contributed by atoms with E-state index in [1.165, 1.54) is 0 Å². The van der Waals surface area contributed by atoms with Crippen LogP contribution in [0.5, 0.6) is 0 Å². The van der Waals surface area contributed by atoms with Gasteiger partial charge in [-0.3, -0.25) is 9.69 Å². The van der Waals surface area contributed by atoms with E-state index < -0.39 is 0 Å². The number of hydrogen-bond donors (Lipinski definition) is 1. The maximum atomic E-state index is 12.4. The van der Waals surface area contributed by atoms with Crippen LogP contribution in [0, 0.1) is 5.92 Å². The van der Waals surface area contributed by atoms with E-state index in [1.807, 2.05) is 29.2 Å². The van der Waals surface area contributed by atoms with Crippen molar-refractivity contribution >= 4 is 36.4 Å². The summed E-state index contributed by atoms with van der Waals surface area (Å²) in [5.74, 6) is 0.986. The minimum atomic E-state index is 0. The van der Waals surface area contributed by atoms with E-state index in [4.69, 9.17) is 10.5 Å². The molecule has 26 heavy (non-hydrogen) atoms. The van der Waals surface area contributed by atoms with Crippen molar-refractivity contribution in [1.29, 1.82) is 0 Å². The van der Waals surface area contributed by atoms with E-state index in [-0.39, 0.29) is 30.7 Å². The van der Waals surface area contributed by atoms with E-state index in [9.17, 15) is 4.79 Å². The summed E-state index contributed by atoms with van der Waals surface area (Å²) in [6.07, 6.45) is 3.54. The Bertz CT molecular complexity index is 545. The second-order valence-corrected chi connectivity index (χ2v) is 6.94. The maximum absolute atomic E-state index is 12.4. The van der Waals surface area contributed by atoms with Gasteiger partial charge in [0.2, 0.25) is 5.91 Å². The number of benzene rings is 1. The van der Waals surface area contributed by atoms with Crippen LogP contribution in [0.3, 0.4) is 0 Å². The van der Waals surface area contributed by atoms with Crippen LogP contribution in [-0.4, -0.2) is 61.6 Å². The summed E-state index contributed by atoms with van der Waals surface area (Å²) in [6.45, 7) is 6.79. The van der Waals surface area contributed by atoms with Gasteiger partial charge in [-0.1, -0.05) is 18.2 Å². The predicted molar refractivity (Wildman–Crippen MR) is 110 cm³/mol. The third-order valence-corrected chi connectivity index (χ3v) is 5.25. The van der Waals surface area contributed by atoms with Crippen molar-refractivity contribution in [3.05, 3.63) is 29.8 Å². The van der Waals surface area contributed by atoms with Gasteiger partial charge in [0.25, 0.3) is 0 Å². The Morgan fingerprint density at radius 3 is 2.38 bits per heavy atom. The van der Waals surface area contributed by atoms with Crippen molar-refractivity contribution in [3.63, 3.8) is 0 Å². The molecule has 0 unspecified atom stereocenters. The standard InChI is InChI=1S/C19H29N3O2.2ClH/c20-18-4-2-1-3-17(18)5-6-19(23)22-9-7-16(8-10-22)15-21-11-13-24-14-12-21;;/h1-4,16H,5-15,20H2;2*1H. The van der Waals surface area contributed by atoms with E-state index in [2.05, 4.69) is 4.90 Å². The first-order valence-corrected chi connectivity index (χ1v) is 9.13. The number of halogens is 2. The molecule has 7 heteroatoms. The molecule has 148 valence electrons. The van der Waals surface area contributed by atoms with Gasteiger partial charge in [0, 0.05) is 44.8 Å². The fourth-order valence-corrected chi connectivity index (χ4v) is 3.68. The van der Waals surface area contributed by atoms with E-state index >= 15 is 0 Å². The Morgan fingerprint density at radius 1 is 1.08 bits per heavy atom. The highest BCUT2D eigenvalue weighted by atomic mass is 35.5. The Balaban J connectivity index is 0.00000169. The lowest BCUT2D eigenvalue weighted by Gasteiger charge is -2.36. The van der Waals surface area contributed by atoms with Crippen molar-refractivity contribution in [2.45, 2.75) is 25.7 Å². The predicted octanol–water partition coefficient (Wildman–Crippen LogP) is 2.62. The molecule has 0 bridgehead atoms. The normalized spacial score (nSPS) is 18.7. The Hall–Kier alpha value is -1.01. The highest BCUT2D eigenvalue weighted by Gasteiger charge is 2.24. The molecule has 0 atom stereocenters. The van der Waals surface area contributed by atoms with Crippen molar-refractivity contribution in [3.8, 4) is 0 Å². The lowest BCUT2D eigenvalue weighted by atomic mass is 9.95. The van der Waals surface area contributed by atoms with Crippen LogP contribution in [0.2, 0.25) is 0 Å². The van der Waals surface area contributed by atoms with E-state index in [0.717, 1.165) is 82.4 Å². The molecule has 0 spiro atoms. The monoisotopic (exact) mass is 403 g/mol. The zero-order valence-electron chi connectivity index (χ0n) is 15.3. The maximum Gasteiger partial charge on any atom is 0.222 e. The van der Waals surface area contributed by atoms with Gasteiger partial charge < -0.3 is 15.4 Å². The number of aryl methyl sites for hydroxylation is 1. The first-order chi connectivity index (χ1) is 11.7. The third-order valence-electron chi connectivity index (χ3n) is 5.25. The molecule has 2 N–H and O–H groups in total. The second-order valence-electron chi connectivity index (χ2n) is 6.94. The molecule has 0 aliphatic carbocycles. The van der Waals surface area contributed by atoms with Crippen LogP contribution in [0.1, 0.15) is 24.8 Å². The Kier molecular flexibility index (Phi) is 10.3. The quantitative estimate of drug-likeness (QED) is 0.767. The molecule has 0 aromatic heterocycles. The molecular weight excluding hydrogens is 373 g/mol. The zero-order valence-corrected chi connectivity index (χ0v) is 16.9. The fourth-order valence-electron chi connectivity index (χ4n) is 3.68. The van der Waals surface area contributed by atoms with Crippen LogP contribution < -0.4 is 5.73 Å². The molecule has 0 radical (unpaired) electrons. The first kappa shape index (κ1) is 23.0. The van der Waals surface area contributed by atoms with Crippen molar-refractivity contribution in [2.24, 2.45) is 5.92 Å². The summed E-state index contributed by atoms with van der Waals surface area (Å²) in [5.41, 5.74) is 7.82. The molecule has 1 aromatic rings. The lowest BCUT2D eigenvalue weighted by Crippen LogP contribution is -2.44. The average Bonchev–Trinajstić information content (AvgIpc) is 2.62. The number of amides is 1. The van der Waals surface area contributed by atoms with Gasteiger partial charge in [0.1, 0.15) is 0 Å². The van der Waals surface area contributed by atoms with E-state index in [1.54, 1.807) is 0 Å². The summed E-state index contributed by atoms with van der Waals surface area (Å²) < 4.78 is 5.41. The van der Waals surface area contributed by atoms with Gasteiger partial charge in [0.15, 0.2) is 0 Å². The molecule has 5 nitrogen and oxygen atoms in total. The van der Waals surface area contributed by atoms with Crippen LogP contribution in [0.15, 0.2) is 24.3 Å². The number of hydrogen-bond acceptors (Lipinski definition) is 4. The summed E-state index contributed by atoms with van der Waals surface area (Å²) in [7, 11) is 0. The summed E-state index contributed by atoms with van der Waals surface area (Å²) in [4.78, 5) is 17.0. The lowest BCUT2D eigenvalue weighted by molar-refractivity contribution is -0.132. The second kappa shape index (κ2) is 11.7. The van der Waals surface area contributed by atoms with Crippen LogP contribution in [0.4, 0.5) is 5.69 Å². The number of carbonyl (C=O) groups is 1. The molecule has 3 rings (SSSR count). The Labute approximate surface area is 169 Å². The SMILES string of the molecule is Cl.Cl.Nc1ccccc1CCC(=O)N1CCC(CN2CCOCC2)CC1. The topological polar surface area (TPSA) is 58.8 Å². The number of nitrogen functional groups attached to an aromatic ring is 1. The van der Waals surface area contributed by atoms with Gasteiger partial charge >= 0.3 is 0 Å². The van der Waals surface area contributed by atoms with Gasteiger partial charge in [-0.15, -0.1) is 24.8 Å². The smallest absolute Gasteiger partial charge is 0.222 e. The number of nitrogens with two attached hydrogens (primary N) is 1. The van der Waals surface area contributed by atoms with Gasteiger partial charge in [0.05, 0.1) is 13.2 Å².